The summed E-state index contributed by atoms with van der Waals surface area (Å²) in [6, 6.07) is 0. The van der Waals surface area contributed by atoms with Gasteiger partial charge in [0.25, 0.3) is 23.5 Å². The van der Waals surface area contributed by atoms with Crippen molar-refractivity contribution in [2.45, 2.75) is 31.0 Å². The van der Waals surface area contributed by atoms with Crippen LogP contribution in [0.3, 0.4) is 0 Å². The molecule has 0 aliphatic carbocycles. The third-order valence-electron chi connectivity index (χ3n) is 4.07. The highest BCUT2D eigenvalue weighted by molar-refractivity contribution is 7.65. The van der Waals surface area contributed by atoms with Gasteiger partial charge in [0.2, 0.25) is 0 Å². The maximum absolute atomic E-state index is 11.6. The van der Waals surface area contributed by atoms with E-state index in [9.17, 15) is 38.6 Å². The summed E-state index contributed by atoms with van der Waals surface area (Å²) in [5, 5.41) is 20.3. The number of phosphoric ester groups is 1. The molecule has 1 saturated heterocycles. The molecule has 3 heterocycles. The minimum Gasteiger partial charge on any atom is -0.756 e. The number of nitrogens with zero attached hydrogens (tertiary/aromatic N) is 4. The summed E-state index contributed by atoms with van der Waals surface area (Å²) in [6.45, 7) is -1.13. The predicted molar refractivity (Wildman–Crippen MR) is 93.6 cm³/mol. The molecule has 2 aromatic heterocycles. The number of hydrogen-bond acceptors (Lipinski definition) is 16. The van der Waals surface area contributed by atoms with E-state index in [4.69, 9.17) is 15.4 Å². The summed E-state index contributed by atoms with van der Waals surface area (Å²) in [5.41, 5.74) is 6.25. The molecule has 21 heteroatoms. The van der Waals surface area contributed by atoms with Gasteiger partial charge in [0.15, 0.2) is 11.5 Å². The molecule has 3 rings (SSSR count). The van der Waals surface area contributed by atoms with E-state index < -0.39 is 54.5 Å². The van der Waals surface area contributed by atoms with Crippen molar-refractivity contribution in [2.24, 2.45) is 0 Å². The van der Waals surface area contributed by atoms with Crippen LogP contribution in [0.1, 0.15) is 0 Å². The summed E-state index contributed by atoms with van der Waals surface area (Å²) in [4.78, 5) is 53.3. The lowest BCUT2D eigenvalue weighted by molar-refractivity contribution is -0.250. The zero-order chi connectivity index (χ0) is 23.9. The Morgan fingerprint density at radius 1 is 1.06 bits per heavy atom. The first-order valence-corrected chi connectivity index (χ1v) is 12.8. The van der Waals surface area contributed by atoms with E-state index >= 15 is 0 Å². The number of hydrogen-bond donors (Lipinski definition) is 4. The van der Waals surface area contributed by atoms with Crippen molar-refractivity contribution in [3.05, 3.63) is 12.7 Å². The van der Waals surface area contributed by atoms with Crippen molar-refractivity contribution in [1.82, 2.24) is 19.5 Å². The molecule has 0 bridgehead atoms. The van der Waals surface area contributed by atoms with Crippen molar-refractivity contribution in [3.63, 3.8) is 0 Å². The zero-order valence-corrected chi connectivity index (χ0v) is 18.2. The second kappa shape index (κ2) is 9.12. The first-order valence-electron chi connectivity index (χ1n) is 8.33. The van der Waals surface area contributed by atoms with E-state index in [0.717, 1.165) is 0 Å². The van der Waals surface area contributed by atoms with Gasteiger partial charge in [-0.1, -0.05) is 0 Å². The standard InChI is InChI=1S/C11H18N5O13P3/c12-10-7-11(14-3-13-10)16(4-15-7)1-5-8(17)9(18)6(27-5)2-26-31(22,23)29-32(24,25)28-30(19,20)21/h3-6,8-9,17-18H,1-2H2,(H,22,23)(H,24,25)(H2,12,13,14)(H2,19,20,21)/p-3/t5-,6+,8+,9?/m0/s1. The Morgan fingerprint density at radius 3 is 2.38 bits per heavy atom. The van der Waals surface area contributed by atoms with E-state index in [2.05, 4.69) is 28.1 Å². The van der Waals surface area contributed by atoms with Crippen LogP contribution in [0.4, 0.5) is 5.82 Å². The van der Waals surface area contributed by atoms with E-state index in [1.54, 1.807) is 0 Å². The Hall–Kier alpha value is -1.36. The van der Waals surface area contributed by atoms with Crippen LogP contribution in [0.15, 0.2) is 12.7 Å². The van der Waals surface area contributed by atoms with E-state index in [1.807, 2.05) is 0 Å². The molecule has 0 spiro atoms. The number of phosphoric acid groups is 3. The minimum absolute atomic E-state index is 0.105. The highest BCUT2D eigenvalue weighted by Crippen LogP contribution is 2.61. The maximum atomic E-state index is 11.6. The second-order valence-corrected chi connectivity index (χ2v) is 10.6. The highest BCUT2D eigenvalue weighted by atomic mass is 31.3. The number of ether oxygens (including phenoxy) is 1. The Balaban J connectivity index is 1.62. The molecule has 2 aromatic rings. The molecule has 7 atom stereocenters. The smallest absolute Gasteiger partial charge is 0.280 e. The fraction of sp³-hybridized carbons (Fsp3) is 0.545. The van der Waals surface area contributed by atoms with Gasteiger partial charge < -0.3 is 49.3 Å². The van der Waals surface area contributed by atoms with Crippen LogP contribution >= 0.6 is 23.5 Å². The van der Waals surface area contributed by atoms with Crippen LogP contribution in [-0.4, -0.2) is 65.6 Å². The van der Waals surface area contributed by atoms with Crippen LogP contribution in [-0.2, 0) is 38.1 Å². The molecular formula is C11H15N5O13P3-3. The SMILES string of the molecule is Nc1ncnc2c1ncn2C[C@@H]1O[C@H](COP(=O)([O-])OP(=O)([O-])OP(=O)([O-])O)C(O)[C@@H]1O. The van der Waals surface area contributed by atoms with Crippen molar-refractivity contribution in [1.29, 1.82) is 0 Å². The highest BCUT2D eigenvalue weighted by Gasteiger charge is 2.43. The van der Waals surface area contributed by atoms with E-state index in [1.165, 1.54) is 17.2 Å². The molecule has 0 saturated carbocycles. The number of aliphatic hydroxyl groups excluding tert-OH is 2. The van der Waals surface area contributed by atoms with Crippen molar-refractivity contribution < 1.29 is 61.4 Å². The fourth-order valence-corrected chi connectivity index (χ4v) is 5.69. The quantitative estimate of drug-likeness (QED) is 0.233. The topological polar surface area (TPSA) is 288 Å². The second-order valence-electron chi connectivity index (χ2n) is 6.34. The third-order valence-corrected chi connectivity index (χ3v) is 7.76. The number of anilines is 1. The molecule has 4 unspecified atom stereocenters. The van der Waals surface area contributed by atoms with Crippen LogP contribution < -0.4 is 20.4 Å². The number of nitrogens with two attached hydrogens (primary N) is 1. The largest absolute Gasteiger partial charge is 0.756 e. The first-order chi connectivity index (χ1) is 14.7. The summed E-state index contributed by atoms with van der Waals surface area (Å²) >= 11 is 0. The average molecular weight is 518 g/mol. The lowest BCUT2D eigenvalue weighted by Gasteiger charge is -2.33. The number of rotatable bonds is 9. The first kappa shape index (κ1) is 25.3. The molecule has 0 aromatic carbocycles. The Morgan fingerprint density at radius 2 is 1.72 bits per heavy atom. The van der Waals surface area contributed by atoms with Gasteiger partial charge in [0.1, 0.15) is 36.3 Å². The summed E-state index contributed by atoms with van der Waals surface area (Å²) < 4.78 is 50.9. The molecule has 5 N–H and O–H groups in total. The van der Waals surface area contributed by atoms with Crippen LogP contribution in [0.25, 0.3) is 11.2 Å². The Bertz CT molecular complexity index is 1120. The fourth-order valence-electron chi connectivity index (χ4n) is 2.79. The van der Waals surface area contributed by atoms with Crippen LogP contribution in [0.5, 0.6) is 0 Å². The van der Waals surface area contributed by atoms with Gasteiger partial charge in [-0.3, -0.25) is 13.7 Å². The molecule has 18 nitrogen and oxygen atoms in total. The summed E-state index contributed by atoms with van der Waals surface area (Å²) in [7, 11) is -17.7. The monoisotopic (exact) mass is 518 g/mol. The van der Waals surface area contributed by atoms with Crippen molar-refractivity contribution in [2.75, 3.05) is 12.3 Å². The number of fused-ring (bicyclic) bond motifs is 1. The maximum Gasteiger partial charge on any atom is 0.280 e. The molecule has 1 aliphatic heterocycles. The van der Waals surface area contributed by atoms with Gasteiger partial charge in [-0.05, 0) is 0 Å². The number of imidazole rings is 1. The van der Waals surface area contributed by atoms with E-state index in [-0.39, 0.29) is 17.9 Å². The summed E-state index contributed by atoms with van der Waals surface area (Å²) in [5.74, 6) is 0.105. The average Bonchev–Trinajstić information content (AvgIpc) is 3.15. The van der Waals surface area contributed by atoms with Crippen molar-refractivity contribution in [3.8, 4) is 0 Å². The molecule has 1 aliphatic rings. The van der Waals surface area contributed by atoms with Gasteiger partial charge in [0.05, 0.1) is 19.5 Å². The molecule has 32 heavy (non-hydrogen) atoms. The van der Waals surface area contributed by atoms with Crippen LogP contribution in [0, 0.1) is 0 Å². The molecular weight excluding hydrogens is 503 g/mol. The van der Waals surface area contributed by atoms with Gasteiger partial charge in [-0.25, -0.2) is 23.6 Å². The Labute approximate surface area is 178 Å². The predicted octanol–water partition coefficient (Wildman–Crippen LogP) is -3.65. The van der Waals surface area contributed by atoms with Crippen molar-refractivity contribution >= 4 is 40.4 Å². The van der Waals surface area contributed by atoms with E-state index in [0.29, 0.717) is 5.65 Å². The minimum atomic E-state index is -6.06. The molecule has 0 radical (unpaired) electrons. The summed E-state index contributed by atoms with van der Waals surface area (Å²) in [6.07, 6.45) is -3.26. The van der Waals surface area contributed by atoms with Gasteiger partial charge >= 0.3 is 0 Å². The molecule has 180 valence electrons. The van der Waals surface area contributed by atoms with Crippen LogP contribution in [0.2, 0.25) is 0 Å². The number of nitrogen functional groups attached to an aromatic ring is 1. The molecule has 1 fully saturated rings. The number of aliphatic hydroxyl groups is 2. The third kappa shape index (κ3) is 6.15. The lowest BCUT2D eigenvalue weighted by Crippen LogP contribution is -2.35. The Kier molecular flexibility index (Phi) is 7.20. The van der Waals surface area contributed by atoms with Gasteiger partial charge in [0, 0.05) is 0 Å². The zero-order valence-electron chi connectivity index (χ0n) is 15.5. The molecule has 0 amide bonds. The van der Waals surface area contributed by atoms with Gasteiger partial charge in [-0.15, -0.1) is 0 Å². The van der Waals surface area contributed by atoms with Gasteiger partial charge in [-0.2, -0.15) is 0 Å². The number of aromatic nitrogens is 4. The lowest BCUT2D eigenvalue weighted by atomic mass is 10.1. The normalized spacial score (nSPS) is 29.4.